The van der Waals surface area contributed by atoms with Crippen molar-refractivity contribution in [1.29, 1.82) is 0 Å². The van der Waals surface area contributed by atoms with Gasteiger partial charge in [-0.25, -0.2) is 4.79 Å². The van der Waals surface area contributed by atoms with Gasteiger partial charge in [0.15, 0.2) is 11.0 Å². The van der Waals surface area contributed by atoms with Crippen molar-refractivity contribution < 1.29 is 18.4 Å². The highest BCUT2D eigenvalue weighted by Gasteiger charge is 2.17. The van der Waals surface area contributed by atoms with E-state index in [-0.39, 0.29) is 5.76 Å². The molecule has 0 fully saturated rings. The van der Waals surface area contributed by atoms with Crippen LogP contribution in [0.15, 0.2) is 38.5 Å². The van der Waals surface area contributed by atoms with E-state index in [1.54, 1.807) is 18.4 Å². The third-order valence-corrected chi connectivity index (χ3v) is 4.51. The first-order valence-corrected chi connectivity index (χ1v) is 8.40. The van der Waals surface area contributed by atoms with Crippen molar-refractivity contribution in [3.8, 4) is 11.4 Å². The van der Waals surface area contributed by atoms with Gasteiger partial charge in [0.25, 0.3) is 0 Å². The normalized spacial score (nSPS) is 11.0. The summed E-state index contributed by atoms with van der Waals surface area (Å²) in [6.45, 7) is 4.67. The predicted molar refractivity (Wildman–Crippen MR) is 87.7 cm³/mol. The van der Waals surface area contributed by atoms with Gasteiger partial charge in [-0.15, -0.1) is 10.2 Å². The number of esters is 1. The lowest BCUT2D eigenvalue weighted by molar-refractivity contribution is 0.0563. The summed E-state index contributed by atoms with van der Waals surface area (Å²) in [5, 5.41) is 9.32. The van der Waals surface area contributed by atoms with Gasteiger partial charge in [-0.2, -0.15) is 0 Å². The second-order valence-electron chi connectivity index (χ2n) is 4.99. The number of aromatic nitrogens is 3. The summed E-state index contributed by atoms with van der Waals surface area (Å²) < 4.78 is 17.5. The van der Waals surface area contributed by atoms with Gasteiger partial charge in [0.1, 0.15) is 11.5 Å². The van der Waals surface area contributed by atoms with E-state index in [4.69, 9.17) is 8.83 Å². The summed E-state index contributed by atoms with van der Waals surface area (Å²) in [7, 11) is 1.32. The molecular formula is C16H17N3O4S. The van der Waals surface area contributed by atoms with E-state index in [9.17, 15) is 4.79 Å². The van der Waals surface area contributed by atoms with Crippen molar-refractivity contribution in [1.82, 2.24) is 14.8 Å². The highest BCUT2D eigenvalue weighted by atomic mass is 32.2. The largest absolute Gasteiger partial charge is 0.469 e. The zero-order valence-corrected chi connectivity index (χ0v) is 14.4. The number of carbonyl (C=O) groups is 1. The average Bonchev–Trinajstić information content (AvgIpc) is 3.30. The second-order valence-corrected chi connectivity index (χ2v) is 5.93. The van der Waals surface area contributed by atoms with E-state index in [1.165, 1.54) is 18.9 Å². The van der Waals surface area contributed by atoms with Gasteiger partial charge in [0.2, 0.25) is 5.76 Å². The van der Waals surface area contributed by atoms with E-state index < -0.39 is 5.97 Å². The van der Waals surface area contributed by atoms with Gasteiger partial charge in [0, 0.05) is 6.54 Å². The van der Waals surface area contributed by atoms with Crippen LogP contribution < -0.4 is 0 Å². The third kappa shape index (κ3) is 3.09. The Morgan fingerprint density at radius 1 is 1.33 bits per heavy atom. The van der Waals surface area contributed by atoms with Crippen LogP contribution in [-0.2, 0) is 17.0 Å². The zero-order chi connectivity index (χ0) is 17.1. The monoisotopic (exact) mass is 347 g/mol. The van der Waals surface area contributed by atoms with Crippen molar-refractivity contribution in [3.63, 3.8) is 0 Å². The maximum absolute atomic E-state index is 11.4. The summed E-state index contributed by atoms with van der Waals surface area (Å²) in [4.78, 5) is 11.4. The van der Waals surface area contributed by atoms with E-state index in [2.05, 4.69) is 14.9 Å². The fourth-order valence-electron chi connectivity index (χ4n) is 2.30. The lowest BCUT2D eigenvalue weighted by Crippen LogP contribution is -2.00. The molecule has 0 amide bonds. The molecule has 0 aliphatic heterocycles. The fraction of sp³-hybridized carbons (Fsp3) is 0.312. The van der Waals surface area contributed by atoms with E-state index in [0.717, 1.165) is 28.8 Å². The van der Waals surface area contributed by atoms with E-state index in [0.29, 0.717) is 11.5 Å². The van der Waals surface area contributed by atoms with Crippen molar-refractivity contribution in [2.45, 2.75) is 31.3 Å². The number of nitrogens with zero attached hydrogens (tertiary/aromatic N) is 3. The second kappa shape index (κ2) is 6.96. The molecule has 7 nitrogen and oxygen atoms in total. The number of thioether (sulfide) groups is 1. The highest BCUT2D eigenvalue weighted by Crippen LogP contribution is 2.28. The lowest BCUT2D eigenvalue weighted by Gasteiger charge is -2.06. The molecule has 0 aliphatic rings. The number of methoxy groups -OCH3 is 1. The number of hydrogen-bond acceptors (Lipinski definition) is 7. The van der Waals surface area contributed by atoms with Gasteiger partial charge < -0.3 is 18.1 Å². The van der Waals surface area contributed by atoms with Crippen molar-refractivity contribution in [2.24, 2.45) is 0 Å². The van der Waals surface area contributed by atoms with Gasteiger partial charge in [-0.1, -0.05) is 11.8 Å². The van der Waals surface area contributed by atoms with Crippen LogP contribution in [0.3, 0.4) is 0 Å². The first-order valence-electron chi connectivity index (χ1n) is 7.41. The van der Waals surface area contributed by atoms with Crippen LogP contribution in [-0.4, -0.2) is 27.8 Å². The van der Waals surface area contributed by atoms with Crippen LogP contribution >= 0.6 is 11.8 Å². The van der Waals surface area contributed by atoms with Crippen LogP contribution in [0.1, 0.15) is 29.0 Å². The molecule has 3 rings (SSSR count). The quantitative estimate of drug-likeness (QED) is 0.498. The maximum atomic E-state index is 11.4. The molecule has 0 atom stereocenters. The molecule has 0 saturated carbocycles. The van der Waals surface area contributed by atoms with Gasteiger partial charge in [-0.3, -0.25) is 0 Å². The maximum Gasteiger partial charge on any atom is 0.373 e. The minimum absolute atomic E-state index is 0.194. The molecule has 0 aromatic carbocycles. The summed E-state index contributed by atoms with van der Waals surface area (Å²) in [6, 6.07) is 5.24. The van der Waals surface area contributed by atoms with Crippen LogP contribution in [0.4, 0.5) is 0 Å². The van der Waals surface area contributed by atoms with Gasteiger partial charge in [-0.05, 0) is 32.0 Å². The Morgan fingerprint density at radius 2 is 2.17 bits per heavy atom. The Hall–Kier alpha value is -2.48. The Bertz CT molecular complexity index is 849. The van der Waals surface area contributed by atoms with Crippen LogP contribution in [0, 0.1) is 6.92 Å². The Kier molecular flexibility index (Phi) is 4.75. The molecule has 0 saturated heterocycles. The van der Waals surface area contributed by atoms with Gasteiger partial charge in [0.05, 0.1) is 24.7 Å². The lowest BCUT2D eigenvalue weighted by atomic mass is 10.2. The molecule has 24 heavy (non-hydrogen) atoms. The molecule has 126 valence electrons. The SMILES string of the molecule is CCn1c(SCc2ccc(C(=O)OC)o2)nnc1-c1ccoc1C. The first-order chi connectivity index (χ1) is 11.6. The van der Waals surface area contributed by atoms with E-state index >= 15 is 0 Å². The van der Waals surface area contributed by atoms with Crippen LogP contribution in [0.25, 0.3) is 11.4 Å². The minimum Gasteiger partial charge on any atom is -0.469 e. The molecule has 0 radical (unpaired) electrons. The van der Waals surface area contributed by atoms with Gasteiger partial charge >= 0.3 is 5.97 Å². The minimum atomic E-state index is -0.485. The number of carbonyl (C=O) groups excluding carboxylic acids is 1. The van der Waals surface area contributed by atoms with Crippen LogP contribution in [0.5, 0.6) is 0 Å². The van der Waals surface area contributed by atoms with Crippen molar-refractivity contribution in [2.75, 3.05) is 7.11 Å². The summed E-state index contributed by atoms with van der Waals surface area (Å²) >= 11 is 1.49. The van der Waals surface area contributed by atoms with E-state index in [1.807, 2.05) is 24.5 Å². The first kappa shape index (κ1) is 16.4. The Balaban J connectivity index is 1.76. The number of furan rings is 2. The predicted octanol–water partition coefficient (Wildman–Crippen LogP) is 3.54. The molecule has 0 unspecified atom stereocenters. The molecule has 3 heterocycles. The molecule has 0 aliphatic carbocycles. The zero-order valence-electron chi connectivity index (χ0n) is 13.6. The summed E-state index contributed by atoms with van der Waals surface area (Å²) in [6.07, 6.45) is 1.64. The van der Waals surface area contributed by atoms with Crippen molar-refractivity contribution >= 4 is 17.7 Å². The fourth-order valence-corrected chi connectivity index (χ4v) is 3.19. The number of aryl methyl sites for hydroxylation is 1. The molecule has 0 bridgehead atoms. The molecule has 0 N–H and O–H groups in total. The summed E-state index contributed by atoms with van der Waals surface area (Å²) in [5.41, 5.74) is 0.933. The number of rotatable bonds is 6. The molecule has 0 spiro atoms. The number of ether oxygens (including phenoxy) is 1. The molecule has 8 heteroatoms. The molecule has 3 aromatic rings. The topological polar surface area (TPSA) is 83.3 Å². The Morgan fingerprint density at radius 3 is 2.83 bits per heavy atom. The van der Waals surface area contributed by atoms with Crippen LogP contribution in [0.2, 0.25) is 0 Å². The summed E-state index contributed by atoms with van der Waals surface area (Å²) in [5.74, 6) is 2.51. The third-order valence-electron chi connectivity index (χ3n) is 3.52. The smallest absolute Gasteiger partial charge is 0.373 e. The van der Waals surface area contributed by atoms with Crippen molar-refractivity contribution in [3.05, 3.63) is 41.7 Å². The molecular weight excluding hydrogens is 330 g/mol. The Labute approximate surface area is 143 Å². The average molecular weight is 347 g/mol. The number of hydrogen-bond donors (Lipinski definition) is 0. The standard InChI is InChI=1S/C16H17N3O4S/c1-4-19-14(12-7-8-22-10(12)2)17-18-16(19)24-9-11-5-6-13(23-11)15(20)21-3/h5-8H,4,9H2,1-3H3. The molecule has 3 aromatic heterocycles. The highest BCUT2D eigenvalue weighted by molar-refractivity contribution is 7.98.